The zero-order chi connectivity index (χ0) is 11.1. The van der Waals surface area contributed by atoms with Crippen LogP contribution in [-0.2, 0) is 12.8 Å². The van der Waals surface area contributed by atoms with Crippen molar-refractivity contribution in [3.8, 4) is 11.3 Å². The number of nitrogens with zero attached hydrogens (tertiary/aromatic N) is 2. The first-order valence-corrected chi connectivity index (χ1v) is 5.93. The van der Waals surface area contributed by atoms with Crippen molar-refractivity contribution in [1.82, 2.24) is 9.97 Å². The number of nitrogens with two attached hydrogens (primary N) is 1. The monoisotopic (exact) mass is 275 g/mol. The van der Waals surface area contributed by atoms with Gasteiger partial charge in [-0.3, -0.25) is 0 Å². The van der Waals surface area contributed by atoms with Crippen molar-refractivity contribution in [3.63, 3.8) is 0 Å². The van der Waals surface area contributed by atoms with Gasteiger partial charge in [-0.1, -0.05) is 22.0 Å². The first-order valence-electron chi connectivity index (χ1n) is 5.14. The number of rotatable bonds is 0. The van der Waals surface area contributed by atoms with E-state index in [9.17, 15) is 0 Å². The number of benzene rings is 1. The van der Waals surface area contributed by atoms with Crippen LogP contribution in [0.4, 0.5) is 5.95 Å². The Labute approximate surface area is 102 Å². The SMILES string of the molecule is Nc1ncc2c(n1)-c1ccc(Br)cc1CC2. The van der Waals surface area contributed by atoms with E-state index in [-0.39, 0.29) is 0 Å². The van der Waals surface area contributed by atoms with Gasteiger partial charge in [-0.2, -0.15) is 0 Å². The molecule has 1 aliphatic carbocycles. The van der Waals surface area contributed by atoms with Gasteiger partial charge in [0.2, 0.25) is 5.95 Å². The second-order valence-corrected chi connectivity index (χ2v) is 4.82. The summed E-state index contributed by atoms with van der Waals surface area (Å²) in [5.41, 5.74) is 10.3. The van der Waals surface area contributed by atoms with Gasteiger partial charge in [-0.05, 0) is 36.1 Å². The van der Waals surface area contributed by atoms with Gasteiger partial charge in [0.15, 0.2) is 0 Å². The second kappa shape index (κ2) is 3.56. The molecule has 1 aromatic heterocycles. The first kappa shape index (κ1) is 9.78. The molecule has 2 aromatic rings. The van der Waals surface area contributed by atoms with E-state index in [0.717, 1.165) is 23.0 Å². The highest BCUT2D eigenvalue weighted by Gasteiger charge is 2.17. The lowest BCUT2D eigenvalue weighted by atomic mass is 9.90. The number of halogens is 1. The van der Waals surface area contributed by atoms with Crippen molar-refractivity contribution in [2.45, 2.75) is 12.8 Å². The van der Waals surface area contributed by atoms with Crippen LogP contribution in [0.2, 0.25) is 0 Å². The molecule has 1 heterocycles. The van der Waals surface area contributed by atoms with Crippen molar-refractivity contribution in [2.24, 2.45) is 0 Å². The summed E-state index contributed by atoms with van der Waals surface area (Å²) < 4.78 is 1.11. The Kier molecular flexibility index (Phi) is 2.17. The van der Waals surface area contributed by atoms with Crippen molar-refractivity contribution in [2.75, 3.05) is 5.73 Å². The van der Waals surface area contributed by atoms with E-state index >= 15 is 0 Å². The largest absolute Gasteiger partial charge is 0.368 e. The summed E-state index contributed by atoms with van der Waals surface area (Å²) >= 11 is 3.49. The van der Waals surface area contributed by atoms with Crippen LogP contribution in [0.5, 0.6) is 0 Å². The van der Waals surface area contributed by atoms with Crippen LogP contribution in [0, 0.1) is 0 Å². The molecule has 0 unspecified atom stereocenters. The minimum atomic E-state index is 0.342. The van der Waals surface area contributed by atoms with Gasteiger partial charge in [0.25, 0.3) is 0 Å². The molecule has 0 atom stereocenters. The number of aromatic nitrogens is 2. The maximum atomic E-state index is 5.64. The molecule has 4 heteroatoms. The lowest BCUT2D eigenvalue weighted by Crippen LogP contribution is -2.08. The fraction of sp³-hybridized carbons (Fsp3) is 0.167. The van der Waals surface area contributed by atoms with Crippen LogP contribution in [-0.4, -0.2) is 9.97 Å². The first-order chi connectivity index (χ1) is 7.74. The Morgan fingerprint density at radius 3 is 2.88 bits per heavy atom. The van der Waals surface area contributed by atoms with E-state index in [0.29, 0.717) is 5.95 Å². The number of hydrogen-bond acceptors (Lipinski definition) is 3. The van der Waals surface area contributed by atoms with Crippen LogP contribution in [0.15, 0.2) is 28.9 Å². The lowest BCUT2D eigenvalue weighted by molar-refractivity contribution is 0.913. The van der Waals surface area contributed by atoms with Crippen molar-refractivity contribution in [3.05, 3.63) is 40.0 Å². The van der Waals surface area contributed by atoms with Crippen LogP contribution in [0.25, 0.3) is 11.3 Å². The Morgan fingerprint density at radius 2 is 2.00 bits per heavy atom. The molecule has 2 N–H and O–H groups in total. The Bertz CT molecular complexity index is 566. The maximum Gasteiger partial charge on any atom is 0.220 e. The highest BCUT2D eigenvalue weighted by Crippen LogP contribution is 2.33. The highest BCUT2D eigenvalue weighted by atomic mass is 79.9. The second-order valence-electron chi connectivity index (χ2n) is 3.90. The van der Waals surface area contributed by atoms with E-state index in [1.807, 2.05) is 12.3 Å². The summed E-state index contributed by atoms with van der Waals surface area (Å²) in [5.74, 6) is 0.342. The number of anilines is 1. The van der Waals surface area contributed by atoms with Crippen LogP contribution >= 0.6 is 15.9 Å². The number of aryl methyl sites for hydroxylation is 2. The van der Waals surface area contributed by atoms with Crippen LogP contribution < -0.4 is 5.73 Å². The predicted octanol–water partition coefficient (Wildman–Crippen LogP) is 2.59. The molecule has 1 aromatic carbocycles. The summed E-state index contributed by atoms with van der Waals surface area (Å²) in [6, 6.07) is 6.27. The quantitative estimate of drug-likeness (QED) is 0.804. The van der Waals surface area contributed by atoms with Gasteiger partial charge in [0.05, 0.1) is 5.69 Å². The smallest absolute Gasteiger partial charge is 0.220 e. The van der Waals surface area contributed by atoms with Crippen molar-refractivity contribution < 1.29 is 0 Å². The third kappa shape index (κ3) is 1.50. The normalized spacial score (nSPS) is 13.1. The van der Waals surface area contributed by atoms with Gasteiger partial charge in [0.1, 0.15) is 0 Å². The molecule has 0 radical (unpaired) electrons. The fourth-order valence-electron chi connectivity index (χ4n) is 2.11. The van der Waals surface area contributed by atoms with E-state index < -0.39 is 0 Å². The van der Waals surface area contributed by atoms with Crippen molar-refractivity contribution in [1.29, 1.82) is 0 Å². The lowest BCUT2D eigenvalue weighted by Gasteiger charge is -2.18. The molecule has 3 rings (SSSR count). The average molecular weight is 276 g/mol. The number of nitrogen functional groups attached to an aromatic ring is 1. The van der Waals surface area contributed by atoms with Gasteiger partial charge >= 0.3 is 0 Å². The number of fused-ring (bicyclic) bond motifs is 3. The van der Waals surface area contributed by atoms with E-state index in [2.05, 4.69) is 38.0 Å². The third-order valence-electron chi connectivity index (χ3n) is 2.87. The zero-order valence-corrected chi connectivity index (χ0v) is 10.2. The summed E-state index contributed by atoms with van der Waals surface area (Å²) in [6.07, 6.45) is 3.86. The number of hydrogen-bond donors (Lipinski definition) is 1. The Hall–Kier alpha value is -1.42. The third-order valence-corrected chi connectivity index (χ3v) is 3.36. The molecular formula is C12H10BrN3. The molecule has 80 valence electrons. The molecule has 16 heavy (non-hydrogen) atoms. The minimum Gasteiger partial charge on any atom is -0.368 e. The van der Waals surface area contributed by atoms with E-state index in [4.69, 9.17) is 5.73 Å². The van der Waals surface area contributed by atoms with Crippen LogP contribution in [0.1, 0.15) is 11.1 Å². The van der Waals surface area contributed by atoms with E-state index in [1.54, 1.807) is 0 Å². The average Bonchev–Trinajstić information content (AvgIpc) is 2.28. The fourth-order valence-corrected chi connectivity index (χ4v) is 2.51. The summed E-state index contributed by atoms with van der Waals surface area (Å²) in [5, 5.41) is 0. The summed E-state index contributed by atoms with van der Waals surface area (Å²) in [4.78, 5) is 8.38. The molecule has 0 bridgehead atoms. The summed E-state index contributed by atoms with van der Waals surface area (Å²) in [7, 11) is 0. The Balaban J connectivity index is 2.25. The van der Waals surface area contributed by atoms with Crippen molar-refractivity contribution >= 4 is 21.9 Å². The van der Waals surface area contributed by atoms with Gasteiger partial charge in [0, 0.05) is 16.2 Å². The molecular weight excluding hydrogens is 266 g/mol. The van der Waals surface area contributed by atoms with Gasteiger partial charge in [-0.25, -0.2) is 9.97 Å². The summed E-state index contributed by atoms with van der Waals surface area (Å²) in [6.45, 7) is 0. The van der Waals surface area contributed by atoms with Crippen LogP contribution in [0.3, 0.4) is 0 Å². The molecule has 3 nitrogen and oxygen atoms in total. The standard InChI is InChI=1S/C12H10BrN3/c13-9-3-4-10-7(5-9)1-2-8-6-15-12(14)16-11(8)10/h3-6H,1-2H2,(H2,14,15,16). The maximum absolute atomic E-state index is 5.64. The predicted molar refractivity (Wildman–Crippen MR) is 67.0 cm³/mol. The minimum absolute atomic E-state index is 0.342. The molecule has 0 aliphatic heterocycles. The molecule has 0 amide bonds. The topological polar surface area (TPSA) is 51.8 Å². The molecule has 0 saturated carbocycles. The van der Waals surface area contributed by atoms with Gasteiger partial charge in [-0.15, -0.1) is 0 Å². The zero-order valence-electron chi connectivity index (χ0n) is 8.57. The highest BCUT2D eigenvalue weighted by molar-refractivity contribution is 9.10. The Morgan fingerprint density at radius 1 is 1.19 bits per heavy atom. The van der Waals surface area contributed by atoms with Gasteiger partial charge < -0.3 is 5.73 Å². The molecule has 0 saturated heterocycles. The molecule has 1 aliphatic rings. The van der Waals surface area contributed by atoms with E-state index in [1.165, 1.54) is 16.7 Å². The molecule has 0 spiro atoms. The molecule has 0 fully saturated rings.